The van der Waals surface area contributed by atoms with E-state index >= 15 is 0 Å². The first-order valence-corrected chi connectivity index (χ1v) is 8.84. The maximum Gasteiger partial charge on any atom is 0.365 e. The summed E-state index contributed by atoms with van der Waals surface area (Å²) in [6.07, 6.45) is -2.26. The van der Waals surface area contributed by atoms with E-state index in [1.165, 1.54) is 43.4 Å². The van der Waals surface area contributed by atoms with Gasteiger partial charge in [0.2, 0.25) is 6.29 Å². The van der Waals surface area contributed by atoms with Crippen molar-refractivity contribution in [3.8, 4) is 5.69 Å². The van der Waals surface area contributed by atoms with E-state index in [9.17, 15) is 18.8 Å². The second-order valence-electron chi connectivity index (χ2n) is 6.44. The Hall–Kier alpha value is -3.12. The fourth-order valence-corrected chi connectivity index (χ4v) is 3.09. The van der Waals surface area contributed by atoms with Crippen LogP contribution < -0.4 is 11.0 Å². The van der Waals surface area contributed by atoms with Crippen LogP contribution in [0.3, 0.4) is 0 Å². The van der Waals surface area contributed by atoms with Crippen LogP contribution in [-0.2, 0) is 14.3 Å². The number of ether oxygens (including phenoxy) is 2. The number of tetrazole rings is 1. The summed E-state index contributed by atoms with van der Waals surface area (Å²) in [5, 5.41) is 11.8. The molecule has 12 heteroatoms. The summed E-state index contributed by atoms with van der Waals surface area (Å²) < 4.78 is 25.4. The summed E-state index contributed by atoms with van der Waals surface area (Å²) in [7, 11) is 2.66. The van der Waals surface area contributed by atoms with Gasteiger partial charge in [0.15, 0.2) is 0 Å². The lowest BCUT2D eigenvalue weighted by Crippen LogP contribution is -2.55. The highest BCUT2D eigenvalue weighted by Gasteiger charge is 2.35. The molecule has 2 atom stereocenters. The van der Waals surface area contributed by atoms with Crippen molar-refractivity contribution in [3.05, 3.63) is 40.3 Å². The molecule has 156 valence electrons. The molecule has 2 unspecified atom stereocenters. The highest BCUT2D eigenvalue weighted by atomic mass is 19.1. The molecule has 1 aromatic carbocycles. The number of carbonyl (C=O) groups excluding carboxylic acids is 2. The van der Waals surface area contributed by atoms with Gasteiger partial charge >= 0.3 is 5.69 Å². The number of alkyl halides is 1. The number of benzene rings is 1. The fourth-order valence-electron chi connectivity index (χ4n) is 3.09. The zero-order valence-electron chi connectivity index (χ0n) is 15.9. The molecular weight excluding hydrogens is 387 g/mol. The zero-order valence-corrected chi connectivity index (χ0v) is 15.9. The van der Waals surface area contributed by atoms with Crippen LogP contribution in [-0.4, -0.2) is 82.7 Å². The second kappa shape index (κ2) is 8.92. The second-order valence-corrected chi connectivity index (χ2v) is 6.44. The maximum absolute atomic E-state index is 14.6. The van der Waals surface area contributed by atoms with E-state index in [1.807, 2.05) is 0 Å². The van der Waals surface area contributed by atoms with Crippen molar-refractivity contribution in [2.45, 2.75) is 24.9 Å². The van der Waals surface area contributed by atoms with Crippen LogP contribution in [0.1, 0.15) is 16.8 Å². The van der Waals surface area contributed by atoms with Gasteiger partial charge in [-0.1, -0.05) is 0 Å². The number of rotatable bonds is 6. The summed E-state index contributed by atoms with van der Waals surface area (Å²) >= 11 is 0. The lowest BCUT2D eigenvalue weighted by molar-refractivity contribution is -0.172. The minimum absolute atomic E-state index is 0.166. The predicted molar refractivity (Wildman–Crippen MR) is 97.1 cm³/mol. The summed E-state index contributed by atoms with van der Waals surface area (Å²) in [6, 6.07) is 5.33. The van der Waals surface area contributed by atoms with Gasteiger partial charge < -0.3 is 19.7 Å². The van der Waals surface area contributed by atoms with Crippen LogP contribution in [0.2, 0.25) is 0 Å². The monoisotopic (exact) mass is 408 g/mol. The van der Waals surface area contributed by atoms with Crippen LogP contribution in [0, 0.1) is 0 Å². The van der Waals surface area contributed by atoms with Crippen molar-refractivity contribution in [1.29, 1.82) is 0 Å². The molecule has 1 aliphatic rings. The van der Waals surface area contributed by atoms with Crippen LogP contribution in [0.4, 0.5) is 4.39 Å². The van der Waals surface area contributed by atoms with E-state index < -0.39 is 36.0 Å². The molecule has 0 radical (unpaired) electrons. The third kappa shape index (κ3) is 4.49. The summed E-state index contributed by atoms with van der Waals surface area (Å²) in [4.78, 5) is 37.5. The molecule has 0 bridgehead atoms. The van der Waals surface area contributed by atoms with Gasteiger partial charge in [-0.25, -0.2) is 14.3 Å². The van der Waals surface area contributed by atoms with E-state index in [0.29, 0.717) is 11.3 Å². The molecule has 29 heavy (non-hydrogen) atoms. The minimum atomic E-state index is -1.43. The number of nitrogens with zero attached hydrogens (tertiary/aromatic N) is 4. The van der Waals surface area contributed by atoms with E-state index in [-0.39, 0.29) is 19.5 Å². The van der Waals surface area contributed by atoms with Crippen molar-refractivity contribution in [3.63, 3.8) is 0 Å². The molecule has 3 rings (SSSR count). The van der Waals surface area contributed by atoms with E-state index in [2.05, 4.69) is 20.8 Å². The smallest absolute Gasteiger partial charge is 0.348 e. The molecule has 0 aliphatic carbocycles. The molecule has 2 amide bonds. The molecule has 0 saturated carbocycles. The Bertz CT molecular complexity index is 910. The van der Waals surface area contributed by atoms with E-state index in [4.69, 9.17) is 9.47 Å². The Labute approximate surface area is 164 Å². The standard InChI is InChI=1S/C17H21FN6O5/c1-28-16(29-2)15(26)23-8-7-13(12(18)9-23)19-14(25)10-3-5-11(6-4-10)24-17(27)20-21-22-24/h3-6,12-13,16H,7-9H2,1-2H3,(H,19,25)(H,20,22,27). The number of halogens is 1. The van der Waals surface area contributed by atoms with Crippen molar-refractivity contribution in [2.24, 2.45) is 0 Å². The van der Waals surface area contributed by atoms with Crippen LogP contribution in [0.15, 0.2) is 29.1 Å². The van der Waals surface area contributed by atoms with Gasteiger partial charge in [-0.2, -0.15) is 4.68 Å². The SMILES string of the molecule is COC(OC)C(=O)N1CCC(NC(=O)c2ccc(-n3nn[nH]c3=O)cc2)C(F)C1. The average molecular weight is 408 g/mol. The largest absolute Gasteiger partial charge is 0.365 e. The highest BCUT2D eigenvalue weighted by molar-refractivity contribution is 5.94. The number of H-pyrrole nitrogens is 1. The molecule has 1 aliphatic heterocycles. The number of nitrogens with one attached hydrogen (secondary N) is 2. The minimum Gasteiger partial charge on any atom is -0.348 e. The third-order valence-electron chi connectivity index (χ3n) is 4.65. The first kappa shape index (κ1) is 20.6. The van der Waals surface area contributed by atoms with Crippen molar-refractivity contribution < 1.29 is 23.5 Å². The number of likely N-dealkylation sites (tertiary alicyclic amines) is 1. The predicted octanol–water partition coefficient (Wildman–Crippen LogP) is -0.757. The number of methoxy groups -OCH3 is 2. The molecule has 11 nitrogen and oxygen atoms in total. The molecular formula is C17H21FN6O5. The number of piperidine rings is 1. The van der Waals surface area contributed by atoms with E-state index in [0.717, 1.165) is 4.68 Å². The summed E-state index contributed by atoms with van der Waals surface area (Å²) in [6.45, 7) is 0.0996. The quantitative estimate of drug-likeness (QED) is 0.601. The normalized spacial score (nSPS) is 19.4. The Kier molecular flexibility index (Phi) is 6.34. The topological polar surface area (TPSA) is 131 Å². The average Bonchev–Trinajstić information content (AvgIpc) is 3.16. The number of aromatic amines is 1. The summed E-state index contributed by atoms with van der Waals surface area (Å²) in [5.74, 6) is -0.913. The van der Waals surface area contributed by atoms with Crippen molar-refractivity contribution >= 4 is 11.8 Å². The van der Waals surface area contributed by atoms with Gasteiger partial charge in [-0.3, -0.25) is 9.59 Å². The Morgan fingerprint density at radius 2 is 1.97 bits per heavy atom. The fraction of sp³-hybridized carbons (Fsp3) is 0.471. The van der Waals surface area contributed by atoms with Gasteiger partial charge in [0.05, 0.1) is 18.3 Å². The number of carbonyl (C=O) groups is 2. The number of aromatic nitrogens is 4. The van der Waals surface area contributed by atoms with Crippen LogP contribution in [0.25, 0.3) is 5.69 Å². The van der Waals surface area contributed by atoms with Gasteiger partial charge in [0.25, 0.3) is 11.8 Å². The molecule has 2 aromatic rings. The molecule has 0 spiro atoms. The molecule has 2 N–H and O–H groups in total. The highest BCUT2D eigenvalue weighted by Crippen LogP contribution is 2.17. The Morgan fingerprint density at radius 1 is 1.28 bits per heavy atom. The molecule has 2 heterocycles. The van der Waals surface area contributed by atoms with Gasteiger partial charge in [-0.15, -0.1) is 0 Å². The van der Waals surface area contributed by atoms with Crippen molar-refractivity contribution in [2.75, 3.05) is 27.3 Å². The van der Waals surface area contributed by atoms with E-state index in [1.54, 1.807) is 0 Å². The lowest BCUT2D eigenvalue weighted by Gasteiger charge is -2.36. The van der Waals surface area contributed by atoms with Gasteiger partial charge in [0.1, 0.15) is 6.17 Å². The number of amides is 2. The molecule has 1 aromatic heterocycles. The first-order chi connectivity index (χ1) is 13.9. The third-order valence-corrected chi connectivity index (χ3v) is 4.65. The Morgan fingerprint density at radius 3 is 2.52 bits per heavy atom. The van der Waals surface area contributed by atoms with Gasteiger partial charge in [-0.05, 0) is 41.1 Å². The lowest BCUT2D eigenvalue weighted by atomic mass is 10.0. The van der Waals surface area contributed by atoms with Crippen LogP contribution in [0.5, 0.6) is 0 Å². The van der Waals surface area contributed by atoms with Crippen LogP contribution >= 0.6 is 0 Å². The Balaban J connectivity index is 1.59. The number of hydrogen-bond donors (Lipinski definition) is 2. The summed E-state index contributed by atoms with van der Waals surface area (Å²) in [5.41, 5.74) is 0.226. The maximum atomic E-state index is 14.6. The molecule has 1 saturated heterocycles. The zero-order chi connectivity index (χ0) is 21.0. The molecule has 1 fully saturated rings. The van der Waals surface area contributed by atoms with Crippen molar-refractivity contribution in [1.82, 2.24) is 30.4 Å². The first-order valence-electron chi connectivity index (χ1n) is 8.84. The number of hydrogen-bond acceptors (Lipinski definition) is 7. The van der Waals surface area contributed by atoms with Gasteiger partial charge in [0, 0.05) is 26.3 Å².